The van der Waals surface area contributed by atoms with Gasteiger partial charge in [0.2, 0.25) is 11.8 Å². The van der Waals surface area contributed by atoms with Crippen LogP contribution in [0.3, 0.4) is 0 Å². The number of aromatic nitrogens is 2. The quantitative estimate of drug-likeness (QED) is 0.481. The Kier molecular flexibility index (Phi) is 7.33. The number of amides is 1. The first-order valence-corrected chi connectivity index (χ1v) is 13.5. The summed E-state index contributed by atoms with van der Waals surface area (Å²) < 4.78 is 54.9. The zero-order valence-corrected chi connectivity index (χ0v) is 20.1. The van der Waals surface area contributed by atoms with Gasteiger partial charge in [0.05, 0.1) is 20.8 Å². The molecule has 176 valence electrons. The van der Waals surface area contributed by atoms with Crippen LogP contribution in [0.2, 0.25) is 0 Å². The van der Waals surface area contributed by atoms with Crippen molar-refractivity contribution in [3.8, 4) is 11.5 Å². The van der Waals surface area contributed by atoms with Crippen molar-refractivity contribution in [1.29, 1.82) is 0 Å². The second-order valence-electron chi connectivity index (χ2n) is 7.82. The van der Waals surface area contributed by atoms with Gasteiger partial charge < -0.3 is 4.42 Å². The van der Waals surface area contributed by atoms with Gasteiger partial charge in [0.25, 0.3) is 0 Å². The third kappa shape index (κ3) is 6.05. The molecule has 1 aromatic heterocycles. The molecule has 11 heteroatoms. The van der Waals surface area contributed by atoms with Gasteiger partial charge in [-0.3, -0.25) is 10.1 Å². The normalized spacial score (nSPS) is 12.1. The minimum atomic E-state index is -3.48. The molecule has 1 heterocycles. The highest BCUT2D eigenvalue weighted by Crippen LogP contribution is 2.25. The molecule has 1 amide bonds. The molecule has 0 aliphatic carbocycles. The molecular formula is C22H25N3O6S2. The van der Waals surface area contributed by atoms with Gasteiger partial charge in [0.1, 0.15) is 0 Å². The summed E-state index contributed by atoms with van der Waals surface area (Å²) in [7, 11) is -6.95. The fourth-order valence-electron chi connectivity index (χ4n) is 2.94. The molecule has 0 saturated heterocycles. The first-order valence-electron chi connectivity index (χ1n) is 10.3. The Bertz CT molecular complexity index is 1340. The van der Waals surface area contributed by atoms with Crippen molar-refractivity contribution in [2.75, 3.05) is 11.1 Å². The van der Waals surface area contributed by atoms with E-state index in [2.05, 4.69) is 15.5 Å². The average molecular weight is 492 g/mol. The Morgan fingerprint density at radius 2 is 1.70 bits per heavy atom. The summed E-state index contributed by atoms with van der Waals surface area (Å²) in [5.41, 5.74) is 1.36. The monoisotopic (exact) mass is 491 g/mol. The number of carbonyl (C=O) groups is 1. The first-order chi connectivity index (χ1) is 15.5. The lowest BCUT2D eigenvalue weighted by Crippen LogP contribution is -2.14. The number of nitrogens with one attached hydrogen (secondary N) is 1. The maximum atomic E-state index is 12.4. The number of rotatable bonds is 9. The maximum Gasteiger partial charge on any atom is 0.322 e. The Morgan fingerprint density at radius 1 is 1.00 bits per heavy atom. The van der Waals surface area contributed by atoms with Crippen LogP contribution < -0.4 is 5.32 Å². The SMILES string of the molecule is Cc1ccc(S(=O)(=O)CCCC(=O)Nc2nnc(-c3cccc(S(=O)(=O)C(C)C)c3)o2)cc1. The van der Waals surface area contributed by atoms with Crippen LogP contribution in [0.5, 0.6) is 0 Å². The van der Waals surface area contributed by atoms with E-state index in [1.165, 1.54) is 12.1 Å². The molecule has 3 aromatic rings. The highest BCUT2D eigenvalue weighted by molar-refractivity contribution is 7.92. The molecular weight excluding hydrogens is 466 g/mol. The molecule has 0 saturated carbocycles. The van der Waals surface area contributed by atoms with Crippen molar-refractivity contribution in [2.45, 2.75) is 48.7 Å². The number of carbonyl (C=O) groups excluding carboxylic acids is 1. The zero-order chi connectivity index (χ0) is 24.2. The van der Waals surface area contributed by atoms with Crippen LogP contribution in [0.15, 0.2) is 62.7 Å². The van der Waals surface area contributed by atoms with Crippen LogP contribution in [-0.2, 0) is 24.5 Å². The van der Waals surface area contributed by atoms with Gasteiger partial charge in [0.15, 0.2) is 19.7 Å². The van der Waals surface area contributed by atoms with E-state index in [9.17, 15) is 21.6 Å². The van der Waals surface area contributed by atoms with E-state index in [1.807, 2.05) is 6.92 Å². The molecule has 9 nitrogen and oxygen atoms in total. The van der Waals surface area contributed by atoms with Gasteiger partial charge in [-0.25, -0.2) is 16.8 Å². The highest BCUT2D eigenvalue weighted by atomic mass is 32.2. The van der Waals surface area contributed by atoms with Crippen LogP contribution in [0.4, 0.5) is 6.01 Å². The largest absolute Gasteiger partial charge is 0.403 e. The van der Waals surface area contributed by atoms with Gasteiger partial charge in [-0.1, -0.05) is 28.9 Å². The van der Waals surface area contributed by atoms with Crippen LogP contribution in [0.25, 0.3) is 11.5 Å². The summed E-state index contributed by atoms with van der Waals surface area (Å²) in [6.07, 6.45) is 0.0725. The van der Waals surface area contributed by atoms with Gasteiger partial charge in [-0.05, 0) is 57.5 Å². The molecule has 0 atom stereocenters. The van der Waals surface area contributed by atoms with Crippen molar-refractivity contribution in [2.24, 2.45) is 0 Å². The van der Waals surface area contributed by atoms with Crippen LogP contribution in [-0.4, -0.2) is 43.9 Å². The van der Waals surface area contributed by atoms with E-state index in [0.717, 1.165) is 5.56 Å². The molecule has 0 bridgehead atoms. The smallest absolute Gasteiger partial charge is 0.322 e. The second-order valence-corrected chi connectivity index (χ2v) is 12.4. The molecule has 0 unspecified atom stereocenters. The number of sulfone groups is 2. The van der Waals surface area contributed by atoms with E-state index < -0.39 is 30.8 Å². The van der Waals surface area contributed by atoms with Crippen LogP contribution >= 0.6 is 0 Å². The van der Waals surface area contributed by atoms with Crippen molar-refractivity contribution in [3.63, 3.8) is 0 Å². The second kappa shape index (κ2) is 9.84. The van der Waals surface area contributed by atoms with Crippen LogP contribution in [0.1, 0.15) is 32.3 Å². The summed E-state index contributed by atoms with van der Waals surface area (Å²) in [5.74, 6) is -0.594. The van der Waals surface area contributed by atoms with E-state index >= 15 is 0 Å². The summed E-state index contributed by atoms with van der Waals surface area (Å²) in [5, 5.41) is 9.46. The topological polar surface area (TPSA) is 136 Å². The number of anilines is 1. The number of hydrogen-bond donors (Lipinski definition) is 1. The Morgan fingerprint density at radius 3 is 2.36 bits per heavy atom. The lowest BCUT2D eigenvalue weighted by atomic mass is 10.2. The fraction of sp³-hybridized carbons (Fsp3) is 0.318. The number of aryl methyl sites for hydroxylation is 1. The third-order valence-electron chi connectivity index (χ3n) is 4.90. The van der Waals surface area contributed by atoms with E-state index in [4.69, 9.17) is 4.42 Å². The van der Waals surface area contributed by atoms with Crippen molar-refractivity contribution in [3.05, 3.63) is 54.1 Å². The predicted octanol–water partition coefficient (Wildman–Crippen LogP) is 3.42. The van der Waals surface area contributed by atoms with Crippen molar-refractivity contribution in [1.82, 2.24) is 10.2 Å². The number of hydrogen-bond acceptors (Lipinski definition) is 8. The van der Waals surface area contributed by atoms with Gasteiger partial charge in [0, 0.05) is 12.0 Å². The summed E-state index contributed by atoms with van der Waals surface area (Å²) in [6, 6.07) is 12.5. The summed E-state index contributed by atoms with van der Waals surface area (Å²) >= 11 is 0. The minimum absolute atomic E-state index is 0.0491. The molecule has 1 N–H and O–H groups in total. The van der Waals surface area contributed by atoms with Crippen LogP contribution in [0, 0.1) is 6.92 Å². The Balaban J connectivity index is 1.60. The lowest BCUT2D eigenvalue weighted by Gasteiger charge is -2.08. The Labute approximate surface area is 193 Å². The van der Waals surface area contributed by atoms with Gasteiger partial charge in [-0.2, -0.15) is 0 Å². The molecule has 2 aromatic carbocycles. The molecule has 0 fully saturated rings. The van der Waals surface area contributed by atoms with Crippen molar-refractivity contribution >= 4 is 31.6 Å². The molecule has 0 spiro atoms. The molecule has 0 aliphatic heterocycles. The first kappa shape index (κ1) is 24.6. The van der Waals surface area contributed by atoms with Crippen molar-refractivity contribution < 1.29 is 26.0 Å². The molecule has 33 heavy (non-hydrogen) atoms. The minimum Gasteiger partial charge on any atom is -0.403 e. The molecule has 0 aliphatic rings. The molecule has 0 radical (unpaired) electrons. The van der Waals surface area contributed by atoms with Gasteiger partial charge in [-0.15, -0.1) is 5.10 Å². The standard InChI is InChI=1S/C22H25N3O6S2/c1-15(2)33(29,30)19-7-4-6-17(14-19)21-24-25-22(31-21)23-20(26)8-5-13-32(27,28)18-11-9-16(3)10-12-18/h4,6-7,9-12,14-15H,5,8,13H2,1-3H3,(H,23,25,26). The van der Waals surface area contributed by atoms with E-state index in [0.29, 0.717) is 5.56 Å². The number of nitrogens with zero attached hydrogens (tertiary/aromatic N) is 2. The van der Waals surface area contributed by atoms with Gasteiger partial charge >= 0.3 is 6.01 Å². The maximum absolute atomic E-state index is 12.4. The summed E-state index contributed by atoms with van der Waals surface area (Å²) in [6.45, 7) is 5.05. The van der Waals surface area contributed by atoms with E-state index in [1.54, 1.807) is 50.2 Å². The number of benzene rings is 2. The fourth-order valence-corrected chi connectivity index (χ4v) is 5.35. The highest BCUT2D eigenvalue weighted by Gasteiger charge is 2.21. The van der Waals surface area contributed by atoms with E-state index in [-0.39, 0.29) is 40.3 Å². The molecule has 3 rings (SSSR count). The average Bonchev–Trinajstić information content (AvgIpc) is 3.22. The lowest BCUT2D eigenvalue weighted by molar-refractivity contribution is -0.116. The Hall–Kier alpha value is -3.05. The summed E-state index contributed by atoms with van der Waals surface area (Å²) in [4.78, 5) is 12.5. The third-order valence-corrected chi connectivity index (χ3v) is 8.87. The zero-order valence-electron chi connectivity index (χ0n) is 18.5. The predicted molar refractivity (Wildman–Crippen MR) is 123 cm³/mol.